The normalized spacial score (nSPS) is 16.2. The first-order chi connectivity index (χ1) is 10.4. The van der Waals surface area contributed by atoms with Gasteiger partial charge in [0.2, 0.25) is 10.0 Å². The Labute approximate surface area is 129 Å². The maximum Gasteiger partial charge on any atom is 0.304 e. The summed E-state index contributed by atoms with van der Waals surface area (Å²) in [6, 6.07) is 9.19. The fraction of sp³-hybridized carbons (Fsp3) is 0.429. The summed E-state index contributed by atoms with van der Waals surface area (Å²) in [4.78, 5) is 12.6. The van der Waals surface area contributed by atoms with E-state index in [9.17, 15) is 13.2 Å². The van der Waals surface area contributed by atoms with Gasteiger partial charge in [-0.05, 0) is 24.3 Å². The van der Waals surface area contributed by atoms with Crippen molar-refractivity contribution in [2.75, 3.05) is 36.8 Å². The fourth-order valence-electron chi connectivity index (χ4n) is 2.32. The van der Waals surface area contributed by atoms with Crippen LogP contribution in [0.5, 0.6) is 0 Å². The first kappa shape index (κ1) is 16.3. The summed E-state index contributed by atoms with van der Waals surface area (Å²) in [5.74, 6) is -1.47. The van der Waals surface area contributed by atoms with Crippen LogP contribution >= 0.6 is 0 Å². The van der Waals surface area contributed by atoms with Crippen molar-refractivity contribution in [3.05, 3.63) is 29.8 Å². The van der Waals surface area contributed by atoms with Gasteiger partial charge in [0.05, 0.1) is 23.8 Å². The number of nitrogens with zero attached hydrogens (tertiary/aromatic N) is 3. The van der Waals surface area contributed by atoms with Crippen LogP contribution in [0.2, 0.25) is 0 Å². The molecular weight excluding hydrogens is 306 g/mol. The molecule has 8 heteroatoms. The van der Waals surface area contributed by atoms with E-state index in [1.807, 2.05) is 17.0 Å². The van der Waals surface area contributed by atoms with Crippen LogP contribution in [0.1, 0.15) is 12.0 Å². The van der Waals surface area contributed by atoms with E-state index in [1.54, 1.807) is 12.1 Å². The number of nitriles is 1. The van der Waals surface area contributed by atoms with Crippen LogP contribution in [0.4, 0.5) is 5.69 Å². The molecule has 0 spiro atoms. The summed E-state index contributed by atoms with van der Waals surface area (Å²) in [5, 5.41) is 17.4. The Bertz CT molecular complexity index is 671. The lowest BCUT2D eigenvalue weighted by Gasteiger charge is -2.35. The zero-order valence-corrected chi connectivity index (χ0v) is 12.8. The molecule has 118 valence electrons. The predicted molar refractivity (Wildman–Crippen MR) is 81.0 cm³/mol. The lowest BCUT2D eigenvalue weighted by Crippen LogP contribution is -2.49. The van der Waals surface area contributed by atoms with Crippen molar-refractivity contribution >= 4 is 21.7 Å². The number of sulfonamides is 1. The van der Waals surface area contributed by atoms with Gasteiger partial charge in [0.1, 0.15) is 0 Å². The molecule has 1 heterocycles. The minimum atomic E-state index is -3.51. The molecule has 0 aromatic heterocycles. The van der Waals surface area contributed by atoms with Crippen molar-refractivity contribution < 1.29 is 18.3 Å². The predicted octanol–water partition coefficient (Wildman–Crippen LogP) is 0.485. The van der Waals surface area contributed by atoms with Gasteiger partial charge in [-0.25, -0.2) is 8.42 Å². The Morgan fingerprint density at radius 3 is 2.27 bits per heavy atom. The minimum absolute atomic E-state index is 0.335. The fourth-order valence-corrected chi connectivity index (χ4v) is 3.73. The first-order valence-corrected chi connectivity index (χ1v) is 8.48. The summed E-state index contributed by atoms with van der Waals surface area (Å²) >= 11 is 0. The molecule has 0 saturated carbocycles. The Hall–Kier alpha value is -2.11. The summed E-state index contributed by atoms with van der Waals surface area (Å²) in [6.07, 6.45) is -0.377. The van der Waals surface area contributed by atoms with Gasteiger partial charge in [-0.2, -0.15) is 9.57 Å². The van der Waals surface area contributed by atoms with E-state index < -0.39 is 16.0 Å². The van der Waals surface area contributed by atoms with Crippen LogP contribution in [0, 0.1) is 11.3 Å². The van der Waals surface area contributed by atoms with Crippen LogP contribution in [0.3, 0.4) is 0 Å². The minimum Gasteiger partial charge on any atom is -0.481 e. The lowest BCUT2D eigenvalue weighted by molar-refractivity contribution is -0.136. The highest BCUT2D eigenvalue weighted by molar-refractivity contribution is 7.89. The van der Waals surface area contributed by atoms with Gasteiger partial charge < -0.3 is 10.0 Å². The molecule has 0 unspecified atom stereocenters. The van der Waals surface area contributed by atoms with Crippen molar-refractivity contribution in [1.29, 1.82) is 5.26 Å². The van der Waals surface area contributed by atoms with Crippen molar-refractivity contribution in [3.8, 4) is 6.07 Å². The third-order valence-corrected chi connectivity index (χ3v) is 5.44. The third-order valence-electron chi connectivity index (χ3n) is 3.57. The molecule has 0 atom stereocenters. The molecule has 1 saturated heterocycles. The first-order valence-electron chi connectivity index (χ1n) is 6.87. The molecule has 0 aliphatic carbocycles. The Balaban J connectivity index is 1.95. The van der Waals surface area contributed by atoms with Gasteiger partial charge in [-0.3, -0.25) is 4.79 Å². The van der Waals surface area contributed by atoms with E-state index in [1.165, 1.54) is 4.31 Å². The lowest BCUT2D eigenvalue weighted by atomic mass is 10.2. The molecule has 0 radical (unpaired) electrons. The summed E-state index contributed by atoms with van der Waals surface area (Å²) in [5.41, 5.74) is 1.53. The number of aliphatic carboxylic acids is 1. The molecular formula is C14H17N3O4S. The maximum atomic E-state index is 12.0. The Morgan fingerprint density at radius 1 is 1.18 bits per heavy atom. The van der Waals surface area contributed by atoms with E-state index in [2.05, 4.69) is 6.07 Å². The summed E-state index contributed by atoms with van der Waals surface area (Å²) in [7, 11) is -3.51. The average molecular weight is 323 g/mol. The molecule has 1 aliphatic rings. The van der Waals surface area contributed by atoms with E-state index in [4.69, 9.17) is 10.4 Å². The van der Waals surface area contributed by atoms with Crippen LogP contribution in [-0.4, -0.2) is 55.7 Å². The topological polar surface area (TPSA) is 102 Å². The SMILES string of the molecule is N#Cc1ccc(N2CCN(S(=O)(=O)CCC(=O)O)CC2)cc1. The third kappa shape index (κ3) is 3.96. The number of rotatable bonds is 5. The molecule has 1 N–H and O–H groups in total. The largest absolute Gasteiger partial charge is 0.481 e. The number of carboxylic acid groups (broad SMARTS) is 1. The van der Waals surface area contributed by atoms with E-state index in [0.29, 0.717) is 31.7 Å². The van der Waals surface area contributed by atoms with E-state index in [-0.39, 0.29) is 12.2 Å². The molecule has 1 aromatic rings. The molecule has 0 amide bonds. The van der Waals surface area contributed by atoms with Crippen molar-refractivity contribution in [2.24, 2.45) is 0 Å². The molecule has 7 nitrogen and oxygen atoms in total. The van der Waals surface area contributed by atoms with Crippen molar-refractivity contribution in [1.82, 2.24) is 4.31 Å². The van der Waals surface area contributed by atoms with Crippen LogP contribution in [0.25, 0.3) is 0 Å². The zero-order valence-electron chi connectivity index (χ0n) is 12.0. The smallest absolute Gasteiger partial charge is 0.304 e. The Kier molecular flexibility index (Phi) is 5.00. The number of benzene rings is 1. The number of hydrogen-bond donors (Lipinski definition) is 1. The number of anilines is 1. The van der Waals surface area contributed by atoms with E-state index >= 15 is 0 Å². The molecule has 1 aliphatic heterocycles. The standard InChI is InChI=1S/C14H17N3O4S/c15-11-12-1-3-13(4-2-12)16-6-8-17(9-7-16)22(20,21)10-5-14(18)19/h1-4H,5-10H2,(H,18,19). The quantitative estimate of drug-likeness (QED) is 0.846. The summed E-state index contributed by atoms with van der Waals surface area (Å²) < 4.78 is 25.4. The molecule has 2 rings (SSSR count). The highest BCUT2D eigenvalue weighted by atomic mass is 32.2. The zero-order chi connectivity index (χ0) is 16.2. The highest BCUT2D eigenvalue weighted by Crippen LogP contribution is 2.18. The second kappa shape index (κ2) is 6.77. The van der Waals surface area contributed by atoms with Gasteiger partial charge >= 0.3 is 5.97 Å². The molecule has 1 aromatic carbocycles. The van der Waals surface area contributed by atoms with Crippen LogP contribution in [0.15, 0.2) is 24.3 Å². The van der Waals surface area contributed by atoms with Gasteiger partial charge in [0.15, 0.2) is 0 Å². The number of carboxylic acids is 1. The van der Waals surface area contributed by atoms with Crippen LogP contribution in [-0.2, 0) is 14.8 Å². The molecule has 0 bridgehead atoms. The van der Waals surface area contributed by atoms with Gasteiger partial charge in [0.25, 0.3) is 0 Å². The number of carbonyl (C=O) groups is 1. The second-order valence-electron chi connectivity index (χ2n) is 5.00. The van der Waals surface area contributed by atoms with Crippen molar-refractivity contribution in [3.63, 3.8) is 0 Å². The highest BCUT2D eigenvalue weighted by Gasteiger charge is 2.27. The average Bonchev–Trinajstić information content (AvgIpc) is 2.53. The summed E-state index contributed by atoms with van der Waals surface area (Å²) in [6.45, 7) is 1.75. The van der Waals surface area contributed by atoms with E-state index in [0.717, 1.165) is 5.69 Å². The monoisotopic (exact) mass is 323 g/mol. The second-order valence-corrected chi connectivity index (χ2v) is 7.09. The number of hydrogen-bond acceptors (Lipinski definition) is 5. The molecule has 22 heavy (non-hydrogen) atoms. The Morgan fingerprint density at radius 2 is 1.77 bits per heavy atom. The van der Waals surface area contributed by atoms with Crippen LogP contribution < -0.4 is 4.90 Å². The van der Waals surface area contributed by atoms with Crippen molar-refractivity contribution in [2.45, 2.75) is 6.42 Å². The maximum absolute atomic E-state index is 12.0. The van der Waals surface area contributed by atoms with Gasteiger partial charge in [0, 0.05) is 31.9 Å². The van der Waals surface area contributed by atoms with Gasteiger partial charge in [-0.1, -0.05) is 0 Å². The number of piperazine rings is 1. The molecule has 1 fully saturated rings. The van der Waals surface area contributed by atoms with Gasteiger partial charge in [-0.15, -0.1) is 0 Å².